The van der Waals surface area contributed by atoms with Gasteiger partial charge in [-0.1, -0.05) is 0 Å². The van der Waals surface area contributed by atoms with Crippen LogP contribution in [0.25, 0.3) is 0 Å². The van der Waals surface area contributed by atoms with Crippen molar-refractivity contribution in [2.75, 3.05) is 26.2 Å². The highest BCUT2D eigenvalue weighted by molar-refractivity contribution is 5.14. The van der Waals surface area contributed by atoms with Gasteiger partial charge in [-0.25, -0.2) is 4.90 Å². The van der Waals surface area contributed by atoms with Crippen LogP contribution in [0.5, 0.6) is 0 Å². The number of rotatable bonds is 1. The molecule has 2 N–H and O–H groups in total. The van der Waals surface area contributed by atoms with E-state index in [1.807, 2.05) is 0 Å². The summed E-state index contributed by atoms with van der Waals surface area (Å²) < 4.78 is 6.17. The van der Waals surface area contributed by atoms with Crippen LogP contribution >= 0.6 is 0 Å². The fourth-order valence-electron chi connectivity index (χ4n) is 3.77. The number of fused-ring (bicyclic) bond motifs is 4. The minimum atomic E-state index is 0.0610. The number of allylic oxidation sites excluding steroid dienone is 1. The van der Waals surface area contributed by atoms with Crippen molar-refractivity contribution >= 4 is 0 Å². The van der Waals surface area contributed by atoms with E-state index < -0.39 is 0 Å². The van der Waals surface area contributed by atoms with E-state index in [9.17, 15) is 0 Å². The lowest BCUT2D eigenvalue weighted by atomic mass is 10.1. The molecule has 5 heterocycles. The van der Waals surface area contributed by atoms with Gasteiger partial charge in [0.05, 0.1) is 0 Å². The van der Waals surface area contributed by atoms with Gasteiger partial charge in [-0.2, -0.15) is 0 Å². The summed E-state index contributed by atoms with van der Waals surface area (Å²) in [6.45, 7) is 7.07. The third-order valence-corrected chi connectivity index (χ3v) is 5.00. The predicted octanol–water partition coefficient (Wildman–Crippen LogP) is 0.611. The van der Waals surface area contributed by atoms with Gasteiger partial charge >= 0.3 is 0 Å². The van der Waals surface area contributed by atoms with Gasteiger partial charge in [0.2, 0.25) is 6.35 Å². The molecule has 3 fully saturated rings. The van der Waals surface area contributed by atoms with Crippen molar-refractivity contribution in [1.82, 2.24) is 20.4 Å². The number of piperidine rings is 1. The minimum Gasteiger partial charge on any atom is -0.458 e. The van der Waals surface area contributed by atoms with E-state index in [-0.39, 0.29) is 6.35 Å². The van der Waals surface area contributed by atoms with Crippen LogP contribution in [-0.4, -0.2) is 54.4 Å². The van der Waals surface area contributed by atoms with E-state index in [4.69, 9.17) is 4.74 Å². The van der Waals surface area contributed by atoms with Crippen molar-refractivity contribution < 1.29 is 4.74 Å². The molecule has 0 saturated carbocycles. The van der Waals surface area contributed by atoms with E-state index in [1.165, 1.54) is 38.9 Å². The normalized spacial score (nSPS) is 42.2. The van der Waals surface area contributed by atoms with E-state index >= 15 is 0 Å². The Morgan fingerprint density at radius 1 is 1.05 bits per heavy atom. The van der Waals surface area contributed by atoms with E-state index in [2.05, 4.69) is 27.4 Å². The van der Waals surface area contributed by atoms with Crippen molar-refractivity contribution in [3.63, 3.8) is 0 Å². The molecule has 2 bridgehead atoms. The fraction of sp³-hybridized carbons (Fsp3) is 0.857. The molecule has 0 aromatic heterocycles. The first-order valence-electron chi connectivity index (χ1n) is 7.70. The van der Waals surface area contributed by atoms with Crippen LogP contribution in [0.1, 0.15) is 32.6 Å². The molecule has 0 aliphatic carbocycles. The van der Waals surface area contributed by atoms with Crippen molar-refractivity contribution in [1.29, 1.82) is 0 Å². The van der Waals surface area contributed by atoms with E-state index in [1.54, 1.807) is 0 Å². The summed E-state index contributed by atoms with van der Waals surface area (Å²) in [5, 5.41) is 7.07. The van der Waals surface area contributed by atoms with Gasteiger partial charge in [-0.05, 0) is 39.3 Å². The Hall–Kier alpha value is -0.940. The first-order chi connectivity index (χ1) is 9.29. The third kappa shape index (κ3) is 2.09. The molecule has 3 saturated heterocycles. The Labute approximate surface area is 115 Å². The highest BCUT2D eigenvalue weighted by atomic mass is 16.5. The van der Waals surface area contributed by atoms with E-state index in [0.29, 0.717) is 12.1 Å². The quantitative estimate of drug-likeness (QED) is 0.726. The van der Waals surface area contributed by atoms with Crippen molar-refractivity contribution in [3.05, 3.63) is 11.6 Å². The molecule has 106 valence electrons. The highest BCUT2D eigenvalue weighted by Crippen LogP contribution is 2.29. The van der Waals surface area contributed by atoms with Crippen molar-refractivity contribution in [2.45, 2.75) is 51.0 Å². The number of nitrogens with zero attached hydrogens (tertiary/aromatic N) is 2. The Morgan fingerprint density at radius 2 is 1.89 bits per heavy atom. The average molecular weight is 264 g/mol. The zero-order valence-electron chi connectivity index (χ0n) is 11.7. The van der Waals surface area contributed by atoms with Crippen molar-refractivity contribution in [2.24, 2.45) is 0 Å². The molecule has 0 spiro atoms. The van der Waals surface area contributed by atoms with Gasteiger partial charge in [0.1, 0.15) is 11.6 Å². The second-order valence-corrected chi connectivity index (χ2v) is 6.31. The van der Waals surface area contributed by atoms with Crippen LogP contribution in [0.15, 0.2) is 11.6 Å². The van der Waals surface area contributed by atoms with Gasteiger partial charge < -0.3 is 20.3 Å². The molecule has 0 radical (unpaired) electrons. The monoisotopic (exact) mass is 264 g/mol. The molecule has 5 aliphatic rings. The lowest BCUT2D eigenvalue weighted by molar-refractivity contribution is -0.0428. The summed E-state index contributed by atoms with van der Waals surface area (Å²) in [6, 6.07) is 1.25. The van der Waals surface area contributed by atoms with Gasteiger partial charge in [-0.15, -0.1) is 0 Å². The van der Waals surface area contributed by atoms with Gasteiger partial charge in [-0.3, -0.25) is 0 Å². The van der Waals surface area contributed by atoms with Crippen LogP contribution in [-0.2, 0) is 4.74 Å². The first-order valence-corrected chi connectivity index (χ1v) is 7.70. The molecule has 5 heteroatoms. The van der Waals surface area contributed by atoms with Crippen LogP contribution < -0.4 is 10.6 Å². The molecule has 19 heavy (non-hydrogen) atoms. The predicted molar refractivity (Wildman–Crippen MR) is 73.0 cm³/mol. The topological polar surface area (TPSA) is 39.8 Å². The number of hydrogen-bond donors (Lipinski definition) is 2. The summed E-state index contributed by atoms with van der Waals surface area (Å²) in [7, 11) is 0. The Morgan fingerprint density at radius 3 is 2.74 bits per heavy atom. The van der Waals surface area contributed by atoms with Gasteiger partial charge in [0, 0.05) is 31.6 Å². The number of ether oxygens (including phenoxy) is 1. The molecule has 5 rings (SSSR count). The molecular weight excluding hydrogens is 240 g/mol. The summed E-state index contributed by atoms with van der Waals surface area (Å²) in [4.78, 5) is 5.12. The van der Waals surface area contributed by atoms with E-state index in [0.717, 1.165) is 24.5 Å². The smallest absolute Gasteiger partial charge is 0.231 e. The Balaban J connectivity index is 1.47. The second kappa shape index (κ2) is 4.56. The zero-order chi connectivity index (χ0) is 12.8. The highest BCUT2D eigenvalue weighted by Gasteiger charge is 2.38. The summed E-state index contributed by atoms with van der Waals surface area (Å²) in [5.41, 5.74) is 0. The Kier molecular flexibility index (Phi) is 2.84. The van der Waals surface area contributed by atoms with Crippen LogP contribution in [0, 0.1) is 0 Å². The molecule has 5 nitrogen and oxygen atoms in total. The second-order valence-electron chi connectivity index (χ2n) is 6.31. The summed E-state index contributed by atoms with van der Waals surface area (Å²) in [5.74, 6) is 2.28. The maximum Gasteiger partial charge on any atom is 0.231 e. The molecular formula is C14H24N4O. The maximum atomic E-state index is 6.17. The third-order valence-electron chi connectivity index (χ3n) is 5.00. The lowest BCUT2D eigenvalue weighted by Gasteiger charge is -2.34. The summed E-state index contributed by atoms with van der Waals surface area (Å²) >= 11 is 0. The van der Waals surface area contributed by atoms with Crippen LogP contribution in [0.3, 0.4) is 0 Å². The zero-order valence-corrected chi connectivity index (χ0v) is 11.7. The molecule has 1 unspecified atom stereocenters. The van der Waals surface area contributed by atoms with Gasteiger partial charge in [0.25, 0.3) is 0 Å². The first kappa shape index (κ1) is 11.9. The number of hydrogen-bond acceptors (Lipinski definition) is 5. The SMILES string of the molecule is C[C@H]1CCC2=C(NC(N3CCN4CCC3CC4)O2)N1. The number of nitrogens with one attached hydrogen (secondary N) is 2. The molecule has 5 aliphatic heterocycles. The average Bonchev–Trinajstić information content (AvgIpc) is 2.61. The van der Waals surface area contributed by atoms with Gasteiger partial charge in [0.15, 0.2) is 0 Å². The minimum absolute atomic E-state index is 0.0610. The maximum absolute atomic E-state index is 6.17. The summed E-state index contributed by atoms with van der Waals surface area (Å²) in [6.07, 6.45) is 4.87. The van der Waals surface area contributed by atoms with Crippen molar-refractivity contribution in [3.8, 4) is 0 Å². The molecule has 0 aromatic rings. The van der Waals surface area contributed by atoms with Crippen LogP contribution in [0.2, 0.25) is 0 Å². The molecule has 2 atom stereocenters. The largest absolute Gasteiger partial charge is 0.458 e. The fourth-order valence-corrected chi connectivity index (χ4v) is 3.77. The van der Waals surface area contributed by atoms with Crippen LogP contribution in [0.4, 0.5) is 0 Å². The molecule has 0 aromatic carbocycles. The Bertz CT molecular complexity index is 389. The molecule has 0 amide bonds. The lowest BCUT2D eigenvalue weighted by Crippen LogP contribution is -2.50. The standard InChI is InChI=1S/C14H24N4O/c1-10-2-3-12-13(15-10)16-14(19-12)18-9-8-17-6-4-11(18)5-7-17/h10-11,14-16H,2-9H2,1H3/t10-,14?/m0/s1.